The Kier molecular flexibility index (Phi) is 8.43. The van der Waals surface area contributed by atoms with Crippen molar-refractivity contribution >= 4 is 10.0 Å². The van der Waals surface area contributed by atoms with Gasteiger partial charge >= 0.3 is 0 Å². The van der Waals surface area contributed by atoms with Crippen molar-refractivity contribution in [1.29, 1.82) is 0 Å². The zero-order chi connectivity index (χ0) is 26.7. The minimum Gasteiger partial charge on any atom is -0.367 e. The topological polar surface area (TPSA) is 49.9 Å². The van der Waals surface area contributed by atoms with E-state index in [0.29, 0.717) is 44.2 Å². The van der Waals surface area contributed by atoms with Crippen molar-refractivity contribution in [3.05, 3.63) is 99.6 Å². The molecular weight excluding hydrogens is 494 g/mol. The molecule has 0 radical (unpaired) electrons. The van der Waals surface area contributed by atoms with Crippen LogP contribution in [0.25, 0.3) is 0 Å². The van der Waals surface area contributed by atoms with E-state index in [9.17, 15) is 17.2 Å². The number of sulfonamides is 1. The summed E-state index contributed by atoms with van der Waals surface area (Å²) in [6, 6.07) is 14.2. The summed E-state index contributed by atoms with van der Waals surface area (Å²) in [6.45, 7) is 10.7. The molecule has 5 nitrogen and oxygen atoms in total. The van der Waals surface area contributed by atoms with Crippen LogP contribution in [0.1, 0.15) is 39.5 Å². The van der Waals surface area contributed by atoms with Crippen LogP contribution in [0.4, 0.5) is 8.78 Å². The highest BCUT2D eigenvalue weighted by Crippen LogP contribution is 2.30. The van der Waals surface area contributed by atoms with Crippen LogP contribution in [0.5, 0.6) is 0 Å². The number of rotatable bonds is 8. The van der Waals surface area contributed by atoms with Crippen LogP contribution in [0.2, 0.25) is 0 Å². The molecule has 0 unspecified atom stereocenters. The Balaban J connectivity index is 1.39. The maximum Gasteiger partial charge on any atom is 0.243 e. The SMILES string of the molecule is Cc1cc(C)c(C)c(S(=O)(=O)N2CCN(CCOC(c3ccc(F)cc3)c3ccc(F)cc3)CC2)c1C. The second kappa shape index (κ2) is 11.4. The van der Waals surface area contributed by atoms with Crippen LogP contribution in [0.15, 0.2) is 59.5 Å². The third kappa shape index (κ3) is 6.09. The van der Waals surface area contributed by atoms with Crippen molar-refractivity contribution in [2.45, 2.75) is 38.7 Å². The molecule has 3 aromatic carbocycles. The molecule has 0 spiro atoms. The van der Waals surface area contributed by atoms with Crippen LogP contribution < -0.4 is 0 Å². The van der Waals surface area contributed by atoms with Crippen molar-refractivity contribution in [2.75, 3.05) is 39.3 Å². The Morgan fingerprint density at radius 2 is 1.24 bits per heavy atom. The van der Waals surface area contributed by atoms with Crippen LogP contribution in [0.3, 0.4) is 0 Å². The van der Waals surface area contributed by atoms with Crippen molar-refractivity contribution < 1.29 is 21.9 Å². The number of hydrogen-bond acceptors (Lipinski definition) is 4. The van der Waals surface area contributed by atoms with Crippen LogP contribution in [0, 0.1) is 39.3 Å². The van der Waals surface area contributed by atoms with Gasteiger partial charge in [0, 0.05) is 32.7 Å². The van der Waals surface area contributed by atoms with Gasteiger partial charge in [-0.25, -0.2) is 17.2 Å². The van der Waals surface area contributed by atoms with Gasteiger partial charge in [-0.05, 0) is 85.3 Å². The maximum absolute atomic E-state index is 13.5. The molecule has 37 heavy (non-hydrogen) atoms. The molecule has 0 atom stereocenters. The molecule has 8 heteroatoms. The first-order chi connectivity index (χ1) is 17.6. The Morgan fingerprint density at radius 1 is 0.784 bits per heavy atom. The molecule has 1 saturated heterocycles. The first kappa shape index (κ1) is 27.4. The zero-order valence-corrected chi connectivity index (χ0v) is 22.6. The Hall–Kier alpha value is -2.65. The predicted octanol–water partition coefficient (Wildman–Crippen LogP) is 5.31. The Bertz CT molecular complexity index is 1260. The largest absolute Gasteiger partial charge is 0.367 e. The number of benzene rings is 3. The van der Waals surface area contributed by atoms with E-state index in [1.54, 1.807) is 28.6 Å². The lowest BCUT2D eigenvalue weighted by molar-refractivity contribution is 0.0526. The van der Waals surface area contributed by atoms with Crippen molar-refractivity contribution in [2.24, 2.45) is 0 Å². The summed E-state index contributed by atoms with van der Waals surface area (Å²) in [4.78, 5) is 2.61. The number of halogens is 2. The van der Waals surface area contributed by atoms with Gasteiger partial charge in [-0.2, -0.15) is 4.31 Å². The highest BCUT2D eigenvalue weighted by atomic mass is 32.2. The van der Waals surface area contributed by atoms with Crippen molar-refractivity contribution in [3.8, 4) is 0 Å². The lowest BCUT2D eigenvalue weighted by atomic mass is 10.0. The third-order valence-corrected chi connectivity index (χ3v) is 9.44. The molecule has 0 aliphatic carbocycles. The van der Waals surface area contributed by atoms with Gasteiger partial charge in [-0.15, -0.1) is 0 Å². The molecule has 0 N–H and O–H groups in total. The first-order valence-electron chi connectivity index (χ1n) is 12.5. The van der Waals surface area contributed by atoms with Gasteiger partial charge in [-0.3, -0.25) is 4.90 Å². The summed E-state index contributed by atoms with van der Waals surface area (Å²) in [5.74, 6) is -0.665. The molecule has 1 aliphatic rings. The lowest BCUT2D eigenvalue weighted by Crippen LogP contribution is -2.49. The summed E-state index contributed by atoms with van der Waals surface area (Å²) in [6.07, 6.45) is -0.460. The molecule has 0 saturated carbocycles. The molecule has 0 amide bonds. The second-order valence-electron chi connectivity index (χ2n) is 9.69. The summed E-state index contributed by atoms with van der Waals surface area (Å²) in [5.41, 5.74) is 5.15. The third-order valence-electron chi connectivity index (χ3n) is 7.26. The number of nitrogens with zero attached hydrogens (tertiary/aromatic N) is 2. The summed E-state index contributed by atoms with van der Waals surface area (Å²) in [5, 5.41) is 0. The van der Waals surface area contributed by atoms with Crippen LogP contribution >= 0.6 is 0 Å². The molecule has 4 rings (SSSR count). The Morgan fingerprint density at radius 3 is 1.70 bits per heavy atom. The van der Waals surface area contributed by atoms with E-state index >= 15 is 0 Å². The van der Waals surface area contributed by atoms with E-state index in [0.717, 1.165) is 33.4 Å². The minimum atomic E-state index is -3.59. The highest BCUT2D eigenvalue weighted by molar-refractivity contribution is 7.89. The fourth-order valence-corrected chi connectivity index (χ4v) is 6.85. The van der Waals surface area contributed by atoms with E-state index in [1.807, 2.05) is 33.8 Å². The van der Waals surface area contributed by atoms with E-state index in [2.05, 4.69) is 4.90 Å². The molecule has 0 bridgehead atoms. The highest BCUT2D eigenvalue weighted by Gasteiger charge is 2.31. The van der Waals surface area contributed by atoms with Crippen molar-refractivity contribution in [1.82, 2.24) is 9.21 Å². The van der Waals surface area contributed by atoms with Gasteiger partial charge in [-0.1, -0.05) is 30.3 Å². The van der Waals surface area contributed by atoms with E-state index in [4.69, 9.17) is 4.74 Å². The monoisotopic (exact) mass is 528 g/mol. The molecule has 1 fully saturated rings. The fraction of sp³-hybridized carbons (Fsp3) is 0.379. The van der Waals surface area contributed by atoms with Crippen molar-refractivity contribution in [3.63, 3.8) is 0 Å². The van der Waals surface area contributed by atoms with E-state index in [1.165, 1.54) is 24.3 Å². The minimum absolute atomic E-state index is 0.333. The second-order valence-corrected chi connectivity index (χ2v) is 11.6. The molecule has 198 valence electrons. The number of ether oxygens (including phenoxy) is 1. The standard InChI is InChI=1S/C29H34F2N2O3S/c1-20-19-21(2)23(4)29(22(20)3)37(34,35)33-15-13-32(14-16-33)17-18-36-28(24-5-9-26(30)10-6-24)25-7-11-27(31)12-8-25/h5-12,19,28H,13-18H2,1-4H3. The van der Waals surface area contributed by atoms with E-state index < -0.39 is 16.1 Å². The molecular formula is C29H34F2N2O3S. The molecule has 1 heterocycles. The zero-order valence-electron chi connectivity index (χ0n) is 21.8. The summed E-state index contributed by atoms with van der Waals surface area (Å²) < 4.78 is 61.8. The lowest BCUT2D eigenvalue weighted by Gasteiger charge is -2.35. The molecule has 0 aromatic heterocycles. The predicted molar refractivity (Wildman–Crippen MR) is 141 cm³/mol. The van der Waals surface area contributed by atoms with Crippen LogP contribution in [-0.4, -0.2) is 57.0 Å². The first-order valence-corrected chi connectivity index (χ1v) is 13.9. The van der Waals surface area contributed by atoms with Gasteiger partial charge in [0.1, 0.15) is 17.7 Å². The number of piperazine rings is 1. The normalized spacial score (nSPS) is 15.4. The molecule has 1 aliphatic heterocycles. The number of aryl methyl sites for hydroxylation is 2. The quantitative estimate of drug-likeness (QED) is 0.398. The van der Waals surface area contributed by atoms with Gasteiger partial charge in [0.2, 0.25) is 10.0 Å². The summed E-state index contributed by atoms with van der Waals surface area (Å²) >= 11 is 0. The smallest absolute Gasteiger partial charge is 0.243 e. The average Bonchev–Trinajstić information content (AvgIpc) is 2.87. The van der Waals surface area contributed by atoms with Crippen LogP contribution in [-0.2, 0) is 14.8 Å². The maximum atomic E-state index is 13.5. The van der Waals surface area contributed by atoms with Gasteiger partial charge in [0.25, 0.3) is 0 Å². The fourth-order valence-electron chi connectivity index (χ4n) is 4.85. The van der Waals surface area contributed by atoms with Gasteiger partial charge in [0.15, 0.2) is 0 Å². The van der Waals surface area contributed by atoms with E-state index in [-0.39, 0.29) is 11.6 Å². The summed E-state index contributed by atoms with van der Waals surface area (Å²) in [7, 11) is -3.59. The number of hydrogen-bond donors (Lipinski definition) is 0. The average molecular weight is 529 g/mol. The van der Waals surface area contributed by atoms with Gasteiger partial charge in [0.05, 0.1) is 11.5 Å². The Labute approximate surface area is 218 Å². The van der Waals surface area contributed by atoms with Gasteiger partial charge < -0.3 is 4.74 Å². The molecule has 3 aromatic rings.